The quantitative estimate of drug-likeness (QED) is 0.320. The van der Waals surface area contributed by atoms with Crippen molar-refractivity contribution in [2.24, 2.45) is 4.99 Å². The first-order valence-electron chi connectivity index (χ1n) is 8.24. The largest absolute Gasteiger partial charge is 0.496 e. The first-order valence-corrected chi connectivity index (χ1v) is 8.24. The van der Waals surface area contributed by atoms with Gasteiger partial charge in [0.25, 0.3) is 0 Å². The van der Waals surface area contributed by atoms with Crippen LogP contribution in [0.5, 0.6) is 5.75 Å². The highest BCUT2D eigenvalue weighted by atomic mass is 127. The number of carbonyl (C=O) groups excluding carboxylic acids is 1. The van der Waals surface area contributed by atoms with Gasteiger partial charge in [0.2, 0.25) is 5.91 Å². The standard InChI is InChI=1S/C19H23FN4O2.HI/c1-21-19(22-11-10-14-6-3-4-9-17(14)26-2)23-13-18(25)24-16-8-5-7-15(20)12-16;/h3-9,12H,10-11,13H2,1-2H3,(H,24,25)(H2,21,22,23);1H. The van der Waals surface area contributed by atoms with Gasteiger partial charge in [0.05, 0.1) is 13.7 Å². The summed E-state index contributed by atoms with van der Waals surface area (Å²) >= 11 is 0. The first-order chi connectivity index (χ1) is 12.6. The van der Waals surface area contributed by atoms with Gasteiger partial charge in [0, 0.05) is 19.3 Å². The fraction of sp³-hybridized carbons (Fsp3) is 0.263. The number of carbonyl (C=O) groups is 1. The van der Waals surface area contributed by atoms with E-state index in [9.17, 15) is 9.18 Å². The van der Waals surface area contributed by atoms with Crippen LogP contribution in [0.3, 0.4) is 0 Å². The molecule has 0 saturated heterocycles. The Bertz CT molecular complexity index is 771. The van der Waals surface area contributed by atoms with Crippen LogP contribution < -0.4 is 20.7 Å². The molecular formula is C19H24FIN4O2. The third kappa shape index (κ3) is 7.81. The molecule has 0 saturated carbocycles. The van der Waals surface area contributed by atoms with Crippen molar-refractivity contribution in [3.8, 4) is 5.75 Å². The lowest BCUT2D eigenvalue weighted by Crippen LogP contribution is -2.42. The molecule has 0 aliphatic carbocycles. The molecule has 0 spiro atoms. The van der Waals surface area contributed by atoms with Crippen molar-refractivity contribution in [1.82, 2.24) is 10.6 Å². The summed E-state index contributed by atoms with van der Waals surface area (Å²) in [7, 11) is 3.27. The van der Waals surface area contributed by atoms with Crippen molar-refractivity contribution in [3.05, 3.63) is 59.9 Å². The zero-order valence-electron chi connectivity index (χ0n) is 15.3. The maximum atomic E-state index is 13.1. The van der Waals surface area contributed by atoms with Gasteiger partial charge in [-0.05, 0) is 36.2 Å². The molecule has 0 unspecified atom stereocenters. The Hall–Kier alpha value is -2.36. The summed E-state index contributed by atoms with van der Waals surface area (Å²) in [4.78, 5) is 16.0. The fourth-order valence-electron chi connectivity index (χ4n) is 2.38. The predicted octanol–water partition coefficient (Wildman–Crippen LogP) is 2.80. The van der Waals surface area contributed by atoms with Crippen LogP contribution in [0.4, 0.5) is 10.1 Å². The van der Waals surface area contributed by atoms with E-state index >= 15 is 0 Å². The number of ether oxygens (including phenoxy) is 1. The fourth-order valence-corrected chi connectivity index (χ4v) is 2.38. The van der Waals surface area contributed by atoms with Gasteiger partial charge in [-0.1, -0.05) is 24.3 Å². The number of rotatable bonds is 7. The van der Waals surface area contributed by atoms with Gasteiger partial charge in [-0.2, -0.15) is 0 Å². The Morgan fingerprint density at radius 2 is 1.93 bits per heavy atom. The average molecular weight is 486 g/mol. The number of benzene rings is 2. The van der Waals surface area contributed by atoms with Gasteiger partial charge in [-0.3, -0.25) is 9.79 Å². The second-order valence-corrected chi connectivity index (χ2v) is 5.47. The van der Waals surface area contributed by atoms with Crippen LogP contribution >= 0.6 is 24.0 Å². The van der Waals surface area contributed by atoms with E-state index in [1.807, 2.05) is 24.3 Å². The summed E-state index contributed by atoms with van der Waals surface area (Å²) in [5.74, 6) is 0.661. The Morgan fingerprint density at radius 3 is 2.63 bits per heavy atom. The van der Waals surface area contributed by atoms with Crippen LogP contribution in [0.1, 0.15) is 5.56 Å². The SMILES string of the molecule is CN=C(NCCc1ccccc1OC)NCC(=O)Nc1cccc(F)c1.I. The van der Waals surface area contributed by atoms with Crippen LogP contribution in [-0.4, -0.2) is 39.1 Å². The van der Waals surface area contributed by atoms with E-state index in [4.69, 9.17) is 4.74 Å². The minimum Gasteiger partial charge on any atom is -0.496 e. The molecule has 0 heterocycles. The lowest BCUT2D eigenvalue weighted by atomic mass is 10.1. The molecule has 3 N–H and O–H groups in total. The minimum atomic E-state index is -0.399. The van der Waals surface area contributed by atoms with Crippen molar-refractivity contribution in [2.75, 3.05) is 32.6 Å². The van der Waals surface area contributed by atoms with Crippen LogP contribution in [0, 0.1) is 5.82 Å². The smallest absolute Gasteiger partial charge is 0.243 e. The molecule has 0 aliphatic rings. The molecule has 6 nitrogen and oxygen atoms in total. The van der Waals surface area contributed by atoms with Gasteiger partial charge < -0.3 is 20.7 Å². The Labute approximate surface area is 175 Å². The number of nitrogens with zero attached hydrogens (tertiary/aromatic N) is 1. The highest BCUT2D eigenvalue weighted by Crippen LogP contribution is 2.17. The Kier molecular flexibility index (Phi) is 10.2. The summed E-state index contributed by atoms with van der Waals surface area (Å²) in [6.45, 7) is 0.649. The normalized spacial score (nSPS) is 10.6. The third-order valence-corrected chi connectivity index (χ3v) is 3.63. The molecule has 0 atom stereocenters. The highest BCUT2D eigenvalue weighted by molar-refractivity contribution is 14.0. The second-order valence-electron chi connectivity index (χ2n) is 5.47. The number of para-hydroxylation sites is 1. The number of anilines is 1. The number of halogens is 2. The molecule has 0 fully saturated rings. The number of amides is 1. The lowest BCUT2D eigenvalue weighted by molar-refractivity contribution is -0.115. The first kappa shape index (κ1) is 22.7. The molecule has 146 valence electrons. The molecule has 0 bridgehead atoms. The number of hydrogen-bond acceptors (Lipinski definition) is 3. The monoisotopic (exact) mass is 486 g/mol. The van der Waals surface area contributed by atoms with Crippen molar-refractivity contribution < 1.29 is 13.9 Å². The van der Waals surface area contributed by atoms with Crippen molar-refractivity contribution in [1.29, 1.82) is 0 Å². The molecule has 1 amide bonds. The van der Waals surface area contributed by atoms with Crippen molar-refractivity contribution in [2.45, 2.75) is 6.42 Å². The van der Waals surface area contributed by atoms with E-state index in [-0.39, 0.29) is 36.4 Å². The zero-order valence-corrected chi connectivity index (χ0v) is 17.6. The van der Waals surface area contributed by atoms with Crippen molar-refractivity contribution >= 4 is 41.5 Å². The summed E-state index contributed by atoms with van der Waals surface area (Å²) < 4.78 is 18.4. The number of hydrogen-bond donors (Lipinski definition) is 3. The molecule has 0 aliphatic heterocycles. The minimum absolute atomic E-state index is 0. The Morgan fingerprint density at radius 1 is 1.15 bits per heavy atom. The molecule has 0 radical (unpaired) electrons. The maximum absolute atomic E-state index is 13.1. The molecule has 2 rings (SSSR count). The molecule has 0 aromatic heterocycles. The summed E-state index contributed by atoms with van der Waals surface area (Å²) in [6, 6.07) is 13.6. The van der Waals surface area contributed by atoms with Crippen LogP contribution in [0.15, 0.2) is 53.5 Å². The molecular weight excluding hydrogens is 462 g/mol. The average Bonchev–Trinajstić information content (AvgIpc) is 2.64. The van der Waals surface area contributed by atoms with Crippen molar-refractivity contribution in [3.63, 3.8) is 0 Å². The van der Waals surface area contributed by atoms with Crippen LogP contribution in [0.25, 0.3) is 0 Å². The topological polar surface area (TPSA) is 74.8 Å². The maximum Gasteiger partial charge on any atom is 0.243 e. The molecule has 2 aromatic carbocycles. The van der Waals surface area contributed by atoms with Gasteiger partial charge in [-0.15, -0.1) is 24.0 Å². The van der Waals surface area contributed by atoms with Gasteiger partial charge in [0.1, 0.15) is 11.6 Å². The summed E-state index contributed by atoms with van der Waals surface area (Å²) in [5, 5.41) is 8.68. The summed E-state index contributed by atoms with van der Waals surface area (Å²) in [6.07, 6.45) is 0.750. The van der Waals surface area contributed by atoms with Gasteiger partial charge in [0.15, 0.2) is 5.96 Å². The number of aliphatic imine (C=N–C) groups is 1. The van der Waals surface area contributed by atoms with E-state index in [0.29, 0.717) is 18.2 Å². The number of guanidine groups is 1. The summed E-state index contributed by atoms with van der Waals surface area (Å²) in [5.41, 5.74) is 1.50. The van der Waals surface area contributed by atoms with E-state index in [1.165, 1.54) is 18.2 Å². The van der Waals surface area contributed by atoms with E-state index in [0.717, 1.165) is 17.7 Å². The van der Waals surface area contributed by atoms with E-state index in [1.54, 1.807) is 20.2 Å². The van der Waals surface area contributed by atoms with Crippen LogP contribution in [-0.2, 0) is 11.2 Å². The zero-order chi connectivity index (χ0) is 18.8. The number of nitrogens with one attached hydrogen (secondary N) is 3. The van der Waals surface area contributed by atoms with Gasteiger partial charge >= 0.3 is 0 Å². The Balaban J connectivity index is 0.00000364. The highest BCUT2D eigenvalue weighted by Gasteiger charge is 2.06. The second kappa shape index (κ2) is 12.1. The molecule has 27 heavy (non-hydrogen) atoms. The lowest BCUT2D eigenvalue weighted by Gasteiger charge is -2.13. The molecule has 8 heteroatoms. The third-order valence-electron chi connectivity index (χ3n) is 3.63. The van der Waals surface area contributed by atoms with E-state index in [2.05, 4.69) is 20.9 Å². The van der Waals surface area contributed by atoms with E-state index < -0.39 is 5.82 Å². The number of methoxy groups -OCH3 is 1. The van der Waals surface area contributed by atoms with Crippen LogP contribution in [0.2, 0.25) is 0 Å². The van der Waals surface area contributed by atoms with Gasteiger partial charge in [-0.25, -0.2) is 4.39 Å². The predicted molar refractivity (Wildman–Crippen MR) is 117 cm³/mol. The molecule has 2 aromatic rings.